The summed E-state index contributed by atoms with van der Waals surface area (Å²) in [5.74, 6) is 1.35. The van der Waals surface area contributed by atoms with Gasteiger partial charge in [-0.2, -0.15) is 0 Å². The van der Waals surface area contributed by atoms with Crippen LogP contribution in [0.5, 0.6) is 5.75 Å². The van der Waals surface area contributed by atoms with Crippen molar-refractivity contribution >= 4 is 40.5 Å². The molecule has 1 aliphatic heterocycles. The minimum atomic E-state index is -0.223. The molecule has 0 unspecified atom stereocenters. The first-order chi connectivity index (χ1) is 13.2. The fourth-order valence-electron chi connectivity index (χ4n) is 2.74. The molecule has 9 heteroatoms. The van der Waals surface area contributed by atoms with Gasteiger partial charge >= 0.3 is 0 Å². The lowest BCUT2D eigenvalue weighted by Gasteiger charge is -2.18. The van der Waals surface area contributed by atoms with Gasteiger partial charge in [-0.3, -0.25) is 9.59 Å². The molecule has 7 nitrogen and oxygen atoms in total. The third-order valence-electron chi connectivity index (χ3n) is 4.04. The Bertz CT molecular complexity index is 998. The number of nitrogens with zero attached hydrogens (tertiary/aromatic N) is 3. The number of hydrogen-bond acceptors (Lipinski definition) is 7. The molecule has 0 bridgehead atoms. The number of carbonyl (C=O) groups excluding carboxylic acids is 2. The van der Waals surface area contributed by atoms with Crippen LogP contribution in [0.25, 0.3) is 10.7 Å². The zero-order valence-corrected chi connectivity index (χ0v) is 16.1. The highest BCUT2D eigenvalue weighted by Crippen LogP contribution is 2.30. The summed E-state index contributed by atoms with van der Waals surface area (Å²) in [6.07, 6.45) is 0. The Balaban J connectivity index is 1.49. The third kappa shape index (κ3) is 3.60. The molecule has 0 saturated carbocycles. The zero-order chi connectivity index (χ0) is 18.8. The number of hydrogen-bond donors (Lipinski definition) is 1. The summed E-state index contributed by atoms with van der Waals surface area (Å²) >= 11 is 2.96. The molecule has 1 aliphatic rings. The normalized spacial score (nSPS) is 13.0. The molecule has 3 aromatic rings. The van der Waals surface area contributed by atoms with E-state index in [0.717, 1.165) is 17.2 Å². The van der Waals surface area contributed by atoms with E-state index in [1.54, 1.807) is 29.5 Å². The predicted molar refractivity (Wildman–Crippen MR) is 105 cm³/mol. The first-order valence-electron chi connectivity index (χ1n) is 8.35. The van der Waals surface area contributed by atoms with Crippen LogP contribution in [0, 0.1) is 0 Å². The second kappa shape index (κ2) is 7.53. The van der Waals surface area contributed by atoms with Gasteiger partial charge in [-0.15, -0.1) is 21.5 Å². The van der Waals surface area contributed by atoms with E-state index >= 15 is 0 Å². The average Bonchev–Trinajstić information content (AvgIpc) is 3.34. The van der Waals surface area contributed by atoms with Crippen molar-refractivity contribution < 1.29 is 14.3 Å². The van der Waals surface area contributed by atoms with Crippen LogP contribution in [0.1, 0.15) is 17.3 Å². The molecule has 0 atom stereocenters. The number of thiophene rings is 1. The van der Waals surface area contributed by atoms with E-state index in [2.05, 4.69) is 15.5 Å². The molecule has 0 fully saturated rings. The molecule has 1 amide bonds. The second-order valence-corrected chi connectivity index (χ2v) is 7.68. The van der Waals surface area contributed by atoms with Gasteiger partial charge in [-0.1, -0.05) is 17.8 Å². The van der Waals surface area contributed by atoms with Gasteiger partial charge in [-0.25, -0.2) is 0 Å². The predicted octanol–water partition coefficient (Wildman–Crippen LogP) is 3.33. The summed E-state index contributed by atoms with van der Waals surface area (Å²) in [5.41, 5.74) is 1.05. The van der Waals surface area contributed by atoms with Gasteiger partial charge in [0.2, 0.25) is 0 Å². The number of anilines is 1. The summed E-state index contributed by atoms with van der Waals surface area (Å²) in [6.45, 7) is 2.74. The number of amides is 1. The third-order valence-corrected chi connectivity index (χ3v) is 5.87. The average molecular weight is 400 g/mol. The molecule has 2 aromatic heterocycles. The van der Waals surface area contributed by atoms with E-state index in [0.29, 0.717) is 22.2 Å². The van der Waals surface area contributed by atoms with Crippen molar-refractivity contribution in [1.29, 1.82) is 0 Å². The number of nitrogens with one attached hydrogen (secondary N) is 1. The van der Waals surface area contributed by atoms with Crippen LogP contribution in [0.4, 0.5) is 5.69 Å². The minimum absolute atomic E-state index is 0.00457. The maximum atomic E-state index is 12.6. The summed E-state index contributed by atoms with van der Waals surface area (Å²) in [5, 5.41) is 13.9. The highest BCUT2D eigenvalue weighted by atomic mass is 32.2. The van der Waals surface area contributed by atoms with Crippen LogP contribution in [0.15, 0.2) is 40.9 Å². The van der Waals surface area contributed by atoms with Gasteiger partial charge in [0.05, 0.1) is 16.3 Å². The van der Waals surface area contributed by atoms with Crippen LogP contribution in [0.3, 0.4) is 0 Å². The maximum Gasteiger partial charge on any atom is 0.262 e. The molecule has 4 rings (SSSR count). The van der Waals surface area contributed by atoms with E-state index in [1.807, 2.05) is 29.0 Å². The fourth-order valence-corrected chi connectivity index (χ4v) is 4.35. The number of fused-ring (bicyclic) bond motifs is 1. The lowest BCUT2D eigenvalue weighted by Crippen LogP contribution is -2.25. The SMILES string of the molecule is CCn1c(SCC(=O)c2ccc3c(c2)NC(=O)CO3)nnc1-c1cccs1. The molecule has 1 N–H and O–H groups in total. The molecule has 0 aliphatic carbocycles. The number of Topliss-reactive ketones (excluding diaryl/α,β-unsaturated/α-hetero) is 1. The van der Waals surface area contributed by atoms with E-state index in [4.69, 9.17) is 4.74 Å². The Morgan fingerprint density at radius 3 is 3.04 bits per heavy atom. The van der Waals surface area contributed by atoms with Crippen LogP contribution in [0.2, 0.25) is 0 Å². The Labute approximate surface area is 163 Å². The van der Waals surface area contributed by atoms with Gasteiger partial charge in [-0.05, 0) is 36.6 Å². The molecule has 27 heavy (non-hydrogen) atoms. The van der Waals surface area contributed by atoms with Crippen molar-refractivity contribution in [3.8, 4) is 16.5 Å². The Morgan fingerprint density at radius 1 is 1.37 bits per heavy atom. The summed E-state index contributed by atoms with van der Waals surface area (Å²) in [6, 6.07) is 9.04. The standard InChI is InChI=1S/C18H16N4O3S2/c1-2-22-17(15-4-3-7-26-15)20-21-18(22)27-10-13(23)11-5-6-14-12(8-11)19-16(24)9-25-14/h3-8H,2,9-10H2,1H3,(H,19,24). The van der Waals surface area contributed by atoms with Crippen LogP contribution in [-0.4, -0.2) is 38.8 Å². The number of ether oxygens (including phenoxy) is 1. The van der Waals surface area contributed by atoms with Gasteiger partial charge in [0.25, 0.3) is 5.91 Å². The van der Waals surface area contributed by atoms with E-state index in [1.165, 1.54) is 11.8 Å². The van der Waals surface area contributed by atoms with Gasteiger partial charge in [0, 0.05) is 12.1 Å². The molecule has 3 heterocycles. The summed E-state index contributed by atoms with van der Waals surface area (Å²) < 4.78 is 7.32. The number of benzene rings is 1. The number of carbonyl (C=O) groups is 2. The Hall–Kier alpha value is -2.65. The van der Waals surface area contributed by atoms with Crippen molar-refractivity contribution in [2.45, 2.75) is 18.6 Å². The number of ketones is 1. The number of thioether (sulfide) groups is 1. The van der Waals surface area contributed by atoms with Gasteiger partial charge < -0.3 is 14.6 Å². The van der Waals surface area contributed by atoms with Gasteiger partial charge in [0.15, 0.2) is 23.4 Å². The van der Waals surface area contributed by atoms with Crippen molar-refractivity contribution in [2.75, 3.05) is 17.7 Å². The van der Waals surface area contributed by atoms with Crippen LogP contribution >= 0.6 is 23.1 Å². The highest BCUT2D eigenvalue weighted by Gasteiger charge is 2.19. The van der Waals surface area contributed by atoms with Crippen LogP contribution in [-0.2, 0) is 11.3 Å². The minimum Gasteiger partial charge on any atom is -0.482 e. The number of rotatable bonds is 6. The van der Waals surface area contributed by atoms with Crippen molar-refractivity contribution in [3.05, 3.63) is 41.3 Å². The first kappa shape index (κ1) is 17.7. The maximum absolute atomic E-state index is 12.6. The van der Waals surface area contributed by atoms with E-state index < -0.39 is 0 Å². The molecular weight excluding hydrogens is 384 g/mol. The quantitative estimate of drug-likeness (QED) is 0.505. The molecule has 0 spiro atoms. The monoisotopic (exact) mass is 400 g/mol. The van der Waals surface area contributed by atoms with Crippen molar-refractivity contribution in [1.82, 2.24) is 14.8 Å². The van der Waals surface area contributed by atoms with Crippen LogP contribution < -0.4 is 10.1 Å². The number of aromatic nitrogens is 3. The molecule has 1 aromatic carbocycles. The Kier molecular flexibility index (Phi) is 4.95. The lowest BCUT2D eigenvalue weighted by molar-refractivity contribution is -0.118. The lowest BCUT2D eigenvalue weighted by atomic mass is 10.1. The van der Waals surface area contributed by atoms with Gasteiger partial charge in [0.1, 0.15) is 5.75 Å². The van der Waals surface area contributed by atoms with Crippen molar-refractivity contribution in [2.24, 2.45) is 0 Å². The molecular formula is C18H16N4O3S2. The Morgan fingerprint density at radius 2 is 2.26 bits per heavy atom. The van der Waals surface area contributed by atoms with E-state index in [-0.39, 0.29) is 24.1 Å². The topological polar surface area (TPSA) is 86.1 Å². The largest absolute Gasteiger partial charge is 0.482 e. The summed E-state index contributed by atoms with van der Waals surface area (Å²) in [4.78, 5) is 25.1. The smallest absolute Gasteiger partial charge is 0.262 e. The molecule has 138 valence electrons. The van der Waals surface area contributed by atoms with Crippen molar-refractivity contribution in [3.63, 3.8) is 0 Å². The van der Waals surface area contributed by atoms with E-state index in [9.17, 15) is 9.59 Å². The molecule has 0 radical (unpaired) electrons. The first-order valence-corrected chi connectivity index (χ1v) is 10.2. The fraction of sp³-hybridized carbons (Fsp3) is 0.222. The molecule has 0 saturated heterocycles. The summed E-state index contributed by atoms with van der Waals surface area (Å²) in [7, 11) is 0. The second-order valence-electron chi connectivity index (χ2n) is 5.79. The highest BCUT2D eigenvalue weighted by molar-refractivity contribution is 7.99. The zero-order valence-electron chi connectivity index (χ0n) is 14.5.